The second kappa shape index (κ2) is 7.54. The van der Waals surface area contributed by atoms with E-state index in [-0.39, 0.29) is 0 Å². The average molecular weight is 352 g/mol. The van der Waals surface area contributed by atoms with Gasteiger partial charge in [0.2, 0.25) is 0 Å². The van der Waals surface area contributed by atoms with Crippen LogP contribution in [-0.4, -0.2) is 20.2 Å². The standard InChI is InChI=1S/C15H22BrN5/c1-3-5-7-12(6-4-2)21-15(18-19-20-21)11-8-9-13(16)14(17)10-11/h8-10,12H,3-7,17H2,1-2H3. The van der Waals surface area contributed by atoms with Crippen LogP contribution >= 0.6 is 15.9 Å². The van der Waals surface area contributed by atoms with Gasteiger partial charge in [0.1, 0.15) is 0 Å². The number of nitrogens with two attached hydrogens (primary N) is 1. The van der Waals surface area contributed by atoms with Crippen molar-refractivity contribution in [3.8, 4) is 11.4 Å². The van der Waals surface area contributed by atoms with Gasteiger partial charge in [0, 0.05) is 15.7 Å². The quantitative estimate of drug-likeness (QED) is 0.758. The Morgan fingerprint density at radius 2 is 2.05 bits per heavy atom. The van der Waals surface area contributed by atoms with Gasteiger partial charge in [0.05, 0.1) is 6.04 Å². The summed E-state index contributed by atoms with van der Waals surface area (Å²) in [4.78, 5) is 0. The van der Waals surface area contributed by atoms with Crippen LogP contribution in [0.25, 0.3) is 11.4 Å². The largest absolute Gasteiger partial charge is 0.398 e. The molecular formula is C15H22BrN5. The fraction of sp³-hybridized carbons (Fsp3) is 0.533. The maximum Gasteiger partial charge on any atom is 0.182 e. The zero-order valence-corrected chi connectivity index (χ0v) is 14.2. The summed E-state index contributed by atoms with van der Waals surface area (Å²) in [6.07, 6.45) is 5.68. The van der Waals surface area contributed by atoms with Crippen LogP contribution in [0.15, 0.2) is 22.7 Å². The van der Waals surface area contributed by atoms with E-state index in [4.69, 9.17) is 5.73 Å². The highest BCUT2D eigenvalue weighted by atomic mass is 79.9. The van der Waals surface area contributed by atoms with Crippen molar-refractivity contribution in [2.45, 2.75) is 52.0 Å². The van der Waals surface area contributed by atoms with Crippen LogP contribution in [0.1, 0.15) is 52.0 Å². The summed E-state index contributed by atoms with van der Waals surface area (Å²) in [5.74, 6) is 0.795. The second-order valence-electron chi connectivity index (χ2n) is 5.27. The molecule has 0 aliphatic carbocycles. The van der Waals surface area contributed by atoms with E-state index < -0.39 is 0 Å². The van der Waals surface area contributed by atoms with E-state index in [2.05, 4.69) is 45.3 Å². The molecule has 0 aliphatic rings. The Morgan fingerprint density at radius 3 is 2.71 bits per heavy atom. The molecule has 1 unspecified atom stereocenters. The maximum atomic E-state index is 5.97. The number of anilines is 1. The third-order valence-corrected chi connectivity index (χ3v) is 4.33. The molecule has 1 atom stereocenters. The number of hydrogen-bond acceptors (Lipinski definition) is 4. The minimum absolute atomic E-state index is 0.352. The van der Waals surface area contributed by atoms with Crippen LogP contribution in [0.3, 0.4) is 0 Å². The predicted molar refractivity (Wildman–Crippen MR) is 88.8 cm³/mol. The smallest absolute Gasteiger partial charge is 0.182 e. The molecule has 5 nitrogen and oxygen atoms in total. The predicted octanol–water partition coefficient (Wildman–Crippen LogP) is 4.22. The van der Waals surface area contributed by atoms with Crippen LogP contribution in [0.4, 0.5) is 5.69 Å². The first kappa shape index (κ1) is 15.9. The Balaban J connectivity index is 2.33. The SMILES string of the molecule is CCCCC(CCC)n1nnnc1-c1ccc(Br)c(N)c1. The first-order valence-corrected chi connectivity index (χ1v) is 8.29. The molecule has 1 aromatic heterocycles. The van der Waals surface area contributed by atoms with Gasteiger partial charge in [0.15, 0.2) is 5.82 Å². The summed E-state index contributed by atoms with van der Waals surface area (Å²) < 4.78 is 2.85. The highest BCUT2D eigenvalue weighted by Crippen LogP contribution is 2.29. The third kappa shape index (κ3) is 3.81. The Bertz CT molecular complexity index is 581. The Kier molecular flexibility index (Phi) is 5.73. The third-order valence-electron chi connectivity index (χ3n) is 3.61. The molecule has 0 bridgehead atoms. The van der Waals surface area contributed by atoms with Crippen molar-refractivity contribution < 1.29 is 0 Å². The maximum absolute atomic E-state index is 5.97. The topological polar surface area (TPSA) is 69.6 Å². The van der Waals surface area contributed by atoms with Gasteiger partial charge in [-0.3, -0.25) is 0 Å². The van der Waals surface area contributed by atoms with Crippen molar-refractivity contribution in [2.24, 2.45) is 0 Å². The molecule has 2 aromatic rings. The van der Waals surface area contributed by atoms with E-state index in [0.717, 1.165) is 35.1 Å². The van der Waals surface area contributed by atoms with Crippen molar-refractivity contribution in [3.05, 3.63) is 22.7 Å². The minimum atomic E-state index is 0.352. The van der Waals surface area contributed by atoms with Gasteiger partial charge in [-0.25, -0.2) is 4.68 Å². The fourth-order valence-corrected chi connectivity index (χ4v) is 2.72. The molecule has 2 rings (SSSR count). The lowest BCUT2D eigenvalue weighted by Crippen LogP contribution is -2.12. The van der Waals surface area contributed by atoms with Crippen molar-refractivity contribution in [1.29, 1.82) is 0 Å². The Hall–Kier alpha value is -1.43. The molecule has 0 aliphatic heterocycles. The number of hydrogen-bond donors (Lipinski definition) is 1. The van der Waals surface area contributed by atoms with Crippen molar-refractivity contribution >= 4 is 21.6 Å². The van der Waals surface area contributed by atoms with Gasteiger partial charge in [-0.15, -0.1) is 5.10 Å². The number of tetrazole rings is 1. The van der Waals surface area contributed by atoms with E-state index in [9.17, 15) is 0 Å². The number of rotatable bonds is 7. The van der Waals surface area contributed by atoms with E-state index >= 15 is 0 Å². The van der Waals surface area contributed by atoms with Gasteiger partial charge >= 0.3 is 0 Å². The van der Waals surface area contributed by atoms with Crippen LogP contribution in [0.2, 0.25) is 0 Å². The van der Waals surface area contributed by atoms with Crippen LogP contribution in [-0.2, 0) is 0 Å². The number of nitrogens with zero attached hydrogens (tertiary/aromatic N) is 4. The number of halogens is 1. The van der Waals surface area contributed by atoms with Crippen molar-refractivity contribution in [1.82, 2.24) is 20.2 Å². The molecule has 0 saturated carbocycles. The fourth-order valence-electron chi connectivity index (χ4n) is 2.47. The molecule has 0 fully saturated rings. The first-order valence-electron chi connectivity index (χ1n) is 7.50. The lowest BCUT2D eigenvalue weighted by atomic mass is 10.0. The molecule has 114 valence electrons. The summed E-state index contributed by atoms with van der Waals surface area (Å²) in [5.41, 5.74) is 7.62. The number of benzene rings is 1. The highest BCUT2D eigenvalue weighted by Gasteiger charge is 2.18. The zero-order valence-electron chi connectivity index (χ0n) is 12.6. The first-order chi connectivity index (χ1) is 10.2. The summed E-state index contributed by atoms with van der Waals surface area (Å²) in [6, 6.07) is 6.19. The van der Waals surface area contributed by atoms with Crippen molar-refractivity contribution in [2.75, 3.05) is 5.73 Å². The van der Waals surface area contributed by atoms with Gasteiger partial charge in [-0.1, -0.05) is 33.1 Å². The lowest BCUT2D eigenvalue weighted by Gasteiger charge is -2.17. The molecule has 0 saturated heterocycles. The Morgan fingerprint density at radius 1 is 1.24 bits per heavy atom. The normalized spacial score (nSPS) is 12.5. The lowest BCUT2D eigenvalue weighted by molar-refractivity contribution is 0.380. The van der Waals surface area contributed by atoms with Crippen molar-refractivity contribution in [3.63, 3.8) is 0 Å². The zero-order chi connectivity index (χ0) is 15.2. The second-order valence-corrected chi connectivity index (χ2v) is 6.12. The van der Waals surface area contributed by atoms with Gasteiger partial charge in [-0.2, -0.15) is 0 Å². The molecule has 0 amide bonds. The van der Waals surface area contributed by atoms with E-state index in [1.54, 1.807) is 0 Å². The van der Waals surface area contributed by atoms with E-state index in [1.807, 2.05) is 22.9 Å². The summed E-state index contributed by atoms with van der Waals surface area (Å²) >= 11 is 3.42. The monoisotopic (exact) mass is 351 g/mol. The summed E-state index contributed by atoms with van der Waals surface area (Å²) in [7, 11) is 0. The minimum Gasteiger partial charge on any atom is -0.398 e. The number of aromatic nitrogens is 4. The van der Waals surface area contributed by atoms with Gasteiger partial charge in [-0.05, 0) is 57.4 Å². The molecule has 21 heavy (non-hydrogen) atoms. The molecule has 2 N–H and O–H groups in total. The van der Waals surface area contributed by atoms with Crippen LogP contribution in [0, 0.1) is 0 Å². The average Bonchev–Trinajstić information content (AvgIpc) is 2.95. The van der Waals surface area contributed by atoms with Crippen LogP contribution in [0.5, 0.6) is 0 Å². The van der Waals surface area contributed by atoms with Gasteiger partial charge < -0.3 is 5.73 Å². The molecular weight excluding hydrogens is 330 g/mol. The molecule has 1 aromatic carbocycles. The number of nitrogen functional groups attached to an aromatic ring is 1. The molecule has 0 spiro atoms. The Labute approximate surface area is 134 Å². The summed E-state index contributed by atoms with van der Waals surface area (Å²) in [6.45, 7) is 4.40. The molecule has 6 heteroatoms. The highest BCUT2D eigenvalue weighted by molar-refractivity contribution is 9.10. The molecule has 1 heterocycles. The molecule has 0 radical (unpaired) electrons. The van der Waals surface area contributed by atoms with Crippen LogP contribution < -0.4 is 5.73 Å². The van der Waals surface area contributed by atoms with E-state index in [1.165, 1.54) is 12.8 Å². The van der Waals surface area contributed by atoms with E-state index in [0.29, 0.717) is 11.7 Å². The van der Waals surface area contributed by atoms with Gasteiger partial charge in [0.25, 0.3) is 0 Å². The number of unbranched alkanes of at least 4 members (excludes halogenated alkanes) is 1. The summed E-state index contributed by atoms with van der Waals surface area (Å²) in [5, 5.41) is 12.3.